The second-order valence-electron chi connectivity index (χ2n) is 7.43. The Labute approximate surface area is 128 Å². The highest BCUT2D eigenvalue weighted by molar-refractivity contribution is 5.27. The van der Waals surface area contributed by atoms with Gasteiger partial charge in [0.15, 0.2) is 0 Å². The minimum atomic E-state index is 0.200. The molecule has 3 heteroatoms. The Morgan fingerprint density at radius 2 is 2.10 bits per heavy atom. The number of nitrogens with zero attached hydrogens (tertiary/aromatic N) is 1. The molecule has 2 aliphatic rings. The summed E-state index contributed by atoms with van der Waals surface area (Å²) >= 11 is 0. The van der Waals surface area contributed by atoms with E-state index in [1.54, 1.807) is 6.07 Å². The lowest BCUT2D eigenvalue weighted by atomic mass is 9.84. The van der Waals surface area contributed by atoms with Gasteiger partial charge < -0.3 is 10.4 Å². The van der Waals surface area contributed by atoms with Gasteiger partial charge >= 0.3 is 0 Å². The van der Waals surface area contributed by atoms with E-state index in [1.165, 1.54) is 18.4 Å². The monoisotopic (exact) mass is 288 g/mol. The third kappa shape index (κ3) is 2.95. The molecule has 1 aliphatic carbocycles. The van der Waals surface area contributed by atoms with Gasteiger partial charge in [-0.15, -0.1) is 0 Å². The van der Waals surface area contributed by atoms with Gasteiger partial charge in [-0.05, 0) is 56.7 Å². The van der Waals surface area contributed by atoms with Gasteiger partial charge in [-0.3, -0.25) is 4.90 Å². The third-order valence-corrected chi connectivity index (χ3v) is 5.66. The molecule has 1 saturated carbocycles. The van der Waals surface area contributed by atoms with Crippen molar-refractivity contribution in [3.05, 3.63) is 29.8 Å². The summed E-state index contributed by atoms with van der Waals surface area (Å²) in [5, 5.41) is 13.5. The van der Waals surface area contributed by atoms with Gasteiger partial charge in [0.05, 0.1) is 0 Å². The highest BCUT2D eigenvalue weighted by Gasteiger charge is 2.50. The fourth-order valence-electron chi connectivity index (χ4n) is 3.62. The summed E-state index contributed by atoms with van der Waals surface area (Å²) < 4.78 is 0. The standard InChI is InChI=1S/C18H28N2O/c1-4-17(2)13-20(11-14-6-5-7-16(21)10-14)18(3,12-19-17)15-8-9-15/h5-7,10,15,19,21H,4,8-9,11-13H2,1-3H3. The maximum Gasteiger partial charge on any atom is 0.115 e. The zero-order valence-corrected chi connectivity index (χ0v) is 13.5. The lowest BCUT2D eigenvalue weighted by molar-refractivity contribution is -0.00137. The van der Waals surface area contributed by atoms with E-state index in [1.807, 2.05) is 12.1 Å². The number of piperazine rings is 1. The first kappa shape index (κ1) is 14.9. The van der Waals surface area contributed by atoms with Crippen LogP contribution in [0.1, 0.15) is 45.6 Å². The summed E-state index contributed by atoms with van der Waals surface area (Å²) in [5.74, 6) is 1.19. The first-order valence-electron chi connectivity index (χ1n) is 8.23. The molecule has 3 nitrogen and oxygen atoms in total. The number of benzene rings is 1. The SMILES string of the molecule is CCC1(C)CN(Cc2cccc(O)c2)C(C)(C2CC2)CN1. The molecule has 2 N–H and O–H groups in total. The van der Waals surface area contributed by atoms with Crippen LogP contribution in [0.4, 0.5) is 0 Å². The van der Waals surface area contributed by atoms with E-state index in [2.05, 4.69) is 37.1 Å². The molecule has 2 fully saturated rings. The van der Waals surface area contributed by atoms with Crippen LogP contribution in [0.5, 0.6) is 5.75 Å². The van der Waals surface area contributed by atoms with Crippen LogP contribution in [0, 0.1) is 5.92 Å². The number of phenols is 1. The summed E-state index contributed by atoms with van der Waals surface area (Å²) in [6.07, 6.45) is 3.86. The van der Waals surface area contributed by atoms with E-state index in [9.17, 15) is 5.11 Å². The minimum Gasteiger partial charge on any atom is -0.508 e. The highest BCUT2D eigenvalue weighted by Crippen LogP contribution is 2.45. The first-order chi connectivity index (χ1) is 9.95. The molecule has 1 aromatic carbocycles. The van der Waals surface area contributed by atoms with Gasteiger partial charge in [0.2, 0.25) is 0 Å². The maximum atomic E-state index is 9.71. The second-order valence-corrected chi connectivity index (χ2v) is 7.43. The van der Waals surface area contributed by atoms with Crippen LogP contribution < -0.4 is 5.32 Å². The smallest absolute Gasteiger partial charge is 0.115 e. The molecule has 3 rings (SSSR count). The number of phenolic OH excluding ortho intramolecular Hbond substituents is 1. The Morgan fingerprint density at radius 1 is 1.33 bits per heavy atom. The van der Waals surface area contributed by atoms with Crippen molar-refractivity contribution in [2.24, 2.45) is 5.92 Å². The van der Waals surface area contributed by atoms with Gasteiger partial charge in [0.25, 0.3) is 0 Å². The first-order valence-corrected chi connectivity index (χ1v) is 8.23. The van der Waals surface area contributed by atoms with Crippen LogP contribution in [-0.4, -0.2) is 34.2 Å². The van der Waals surface area contributed by atoms with Crippen molar-refractivity contribution in [3.63, 3.8) is 0 Å². The Balaban J connectivity index is 1.83. The molecule has 116 valence electrons. The normalized spacial score (nSPS) is 34.0. The van der Waals surface area contributed by atoms with Crippen molar-refractivity contribution in [2.75, 3.05) is 13.1 Å². The molecule has 2 unspecified atom stereocenters. The number of aromatic hydroxyl groups is 1. The van der Waals surface area contributed by atoms with E-state index in [4.69, 9.17) is 0 Å². The predicted octanol–water partition coefficient (Wildman–Crippen LogP) is 3.13. The van der Waals surface area contributed by atoms with E-state index in [0.717, 1.165) is 32.0 Å². The Hall–Kier alpha value is -1.06. The quantitative estimate of drug-likeness (QED) is 0.893. The van der Waals surface area contributed by atoms with Crippen molar-refractivity contribution in [3.8, 4) is 5.75 Å². The molecule has 1 aromatic rings. The van der Waals surface area contributed by atoms with Crippen LogP contribution >= 0.6 is 0 Å². The van der Waals surface area contributed by atoms with Crippen molar-refractivity contribution >= 4 is 0 Å². The fraction of sp³-hybridized carbons (Fsp3) is 0.667. The minimum absolute atomic E-state index is 0.200. The van der Waals surface area contributed by atoms with E-state index in [0.29, 0.717) is 5.75 Å². The fourth-order valence-corrected chi connectivity index (χ4v) is 3.62. The van der Waals surface area contributed by atoms with Gasteiger partial charge in [-0.2, -0.15) is 0 Å². The zero-order chi connectivity index (χ0) is 15.1. The van der Waals surface area contributed by atoms with Crippen molar-refractivity contribution < 1.29 is 5.11 Å². The number of nitrogens with one attached hydrogen (secondary N) is 1. The summed E-state index contributed by atoms with van der Waals surface area (Å²) in [4.78, 5) is 2.65. The van der Waals surface area contributed by atoms with Crippen molar-refractivity contribution in [1.29, 1.82) is 0 Å². The van der Waals surface area contributed by atoms with Crippen LogP contribution in [-0.2, 0) is 6.54 Å². The molecule has 0 bridgehead atoms. The lowest BCUT2D eigenvalue weighted by Crippen LogP contribution is -2.68. The largest absolute Gasteiger partial charge is 0.508 e. The molecule has 0 radical (unpaired) electrons. The van der Waals surface area contributed by atoms with E-state index >= 15 is 0 Å². The summed E-state index contributed by atoms with van der Waals surface area (Å²) in [6.45, 7) is 10.1. The predicted molar refractivity (Wildman–Crippen MR) is 86.3 cm³/mol. The van der Waals surface area contributed by atoms with Gasteiger partial charge in [0.1, 0.15) is 5.75 Å². The number of hydrogen-bond acceptors (Lipinski definition) is 3. The average molecular weight is 288 g/mol. The van der Waals surface area contributed by atoms with Gasteiger partial charge in [-0.1, -0.05) is 19.1 Å². The van der Waals surface area contributed by atoms with Crippen molar-refractivity contribution in [2.45, 2.75) is 57.7 Å². The summed E-state index contributed by atoms with van der Waals surface area (Å²) in [6, 6.07) is 7.72. The van der Waals surface area contributed by atoms with Crippen LogP contribution in [0.15, 0.2) is 24.3 Å². The van der Waals surface area contributed by atoms with Crippen molar-refractivity contribution in [1.82, 2.24) is 10.2 Å². The average Bonchev–Trinajstić information content (AvgIpc) is 3.28. The molecule has 1 aliphatic heterocycles. The molecule has 0 amide bonds. The van der Waals surface area contributed by atoms with E-state index in [-0.39, 0.29) is 11.1 Å². The Morgan fingerprint density at radius 3 is 2.71 bits per heavy atom. The van der Waals surface area contributed by atoms with Crippen LogP contribution in [0.3, 0.4) is 0 Å². The van der Waals surface area contributed by atoms with Gasteiger partial charge in [0, 0.05) is 30.7 Å². The molecule has 1 heterocycles. The van der Waals surface area contributed by atoms with E-state index < -0.39 is 0 Å². The lowest BCUT2D eigenvalue weighted by Gasteiger charge is -2.53. The second kappa shape index (κ2) is 5.29. The van der Waals surface area contributed by atoms with Crippen LogP contribution in [0.25, 0.3) is 0 Å². The third-order valence-electron chi connectivity index (χ3n) is 5.66. The Kier molecular flexibility index (Phi) is 3.74. The summed E-state index contributed by atoms with van der Waals surface area (Å²) in [7, 11) is 0. The molecule has 0 spiro atoms. The topological polar surface area (TPSA) is 35.5 Å². The Bertz CT molecular complexity index is 514. The maximum absolute atomic E-state index is 9.71. The molecule has 0 aromatic heterocycles. The summed E-state index contributed by atoms with van der Waals surface area (Å²) in [5.41, 5.74) is 1.66. The van der Waals surface area contributed by atoms with Gasteiger partial charge in [-0.25, -0.2) is 0 Å². The number of rotatable bonds is 4. The van der Waals surface area contributed by atoms with Crippen LogP contribution in [0.2, 0.25) is 0 Å². The molecular weight excluding hydrogens is 260 g/mol. The molecule has 2 atom stereocenters. The zero-order valence-electron chi connectivity index (χ0n) is 13.5. The molecular formula is C18H28N2O. The molecule has 21 heavy (non-hydrogen) atoms. The highest BCUT2D eigenvalue weighted by atomic mass is 16.3. The molecule has 1 saturated heterocycles. The number of hydrogen-bond donors (Lipinski definition) is 2.